The van der Waals surface area contributed by atoms with Crippen LogP contribution in [-0.4, -0.2) is 16.9 Å². The van der Waals surface area contributed by atoms with Crippen molar-refractivity contribution in [3.05, 3.63) is 29.6 Å². The van der Waals surface area contributed by atoms with Crippen molar-refractivity contribution in [1.82, 2.24) is 10.3 Å². The van der Waals surface area contributed by atoms with Gasteiger partial charge in [-0.15, -0.1) is 0 Å². The maximum Gasteiger partial charge on any atom is 0.270 e. The van der Waals surface area contributed by atoms with Crippen LogP contribution < -0.4 is 5.32 Å². The van der Waals surface area contributed by atoms with Gasteiger partial charge in [0.05, 0.1) is 0 Å². The molecular formula is C10H11N3O. The van der Waals surface area contributed by atoms with Gasteiger partial charge in [0.15, 0.2) is 0 Å². The molecule has 0 saturated heterocycles. The third-order valence-corrected chi connectivity index (χ3v) is 1.52. The minimum absolute atomic E-state index is 0.0649. The standard InChI is InChI=1S/C10H11N3O/c1-7(2)12-10(14)9-5-3-4-8(6-11)13-9/h3-5,7H,1-2H3,(H,12,14). The number of amides is 1. The van der Waals surface area contributed by atoms with E-state index in [9.17, 15) is 4.79 Å². The zero-order chi connectivity index (χ0) is 10.6. The Bertz CT molecular complexity index is 379. The van der Waals surface area contributed by atoms with E-state index in [2.05, 4.69) is 10.3 Å². The fraction of sp³-hybridized carbons (Fsp3) is 0.300. The summed E-state index contributed by atoms with van der Waals surface area (Å²) >= 11 is 0. The van der Waals surface area contributed by atoms with Gasteiger partial charge in [-0.05, 0) is 26.0 Å². The average Bonchev–Trinajstić information content (AvgIpc) is 2.17. The van der Waals surface area contributed by atoms with Crippen LogP contribution in [0.5, 0.6) is 0 Å². The molecule has 0 unspecified atom stereocenters. The first-order chi connectivity index (χ1) is 6.63. The number of carbonyl (C=O) groups excluding carboxylic acids is 1. The number of hydrogen-bond donors (Lipinski definition) is 1. The van der Waals surface area contributed by atoms with Gasteiger partial charge in [-0.25, -0.2) is 4.98 Å². The molecule has 1 heterocycles. The van der Waals surface area contributed by atoms with E-state index in [0.29, 0.717) is 0 Å². The lowest BCUT2D eigenvalue weighted by molar-refractivity contribution is 0.0938. The predicted molar refractivity (Wildman–Crippen MR) is 51.6 cm³/mol. The smallest absolute Gasteiger partial charge is 0.270 e. The lowest BCUT2D eigenvalue weighted by Crippen LogP contribution is -2.30. The molecule has 14 heavy (non-hydrogen) atoms. The molecule has 1 N–H and O–H groups in total. The Morgan fingerprint density at radius 2 is 2.29 bits per heavy atom. The van der Waals surface area contributed by atoms with Crippen molar-refractivity contribution in [3.8, 4) is 6.07 Å². The minimum atomic E-state index is -0.253. The van der Waals surface area contributed by atoms with Gasteiger partial charge in [-0.2, -0.15) is 5.26 Å². The summed E-state index contributed by atoms with van der Waals surface area (Å²) in [7, 11) is 0. The molecule has 1 aromatic heterocycles. The fourth-order valence-corrected chi connectivity index (χ4v) is 0.960. The van der Waals surface area contributed by atoms with Crippen molar-refractivity contribution in [1.29, 1.82) is 5.26 Å². The van der Waals surface area contributed by atoms with E-state index in [-0.39, 0.29) is 23.3 Å². The summed E-state index contributed by atoms with van der Waals surface area (Å²) < 4.78 is 0. The Labute approximate surface area is 82.6 Å². The van der Waals surface area contributed by atoms with Gasteiger partial charge in [-0.3, -0.25) is 4.79 Å². The molecule has 1 amide bonds. The zero-order valence-electron chi connectivity index (χ0n) is 8.11. The molecule has 0 spiro atoms. The normalized spacial score (nSPS) is 9.57. The lowest BCUT2D eigenvalue weighted by Gasteiger charge is -2.07. The Kier molecular flexibility index (Phi) is 3.19. The van der Waals surface area contributed by atoms with Crippen LogP contribution in [0.2, 0.25) is 0 Å². The molecule has 0 aliphatic rings. The molecule has 0 atom stereocenters. The number of carbonyl (C=O) groups is 1. The lowest BCUT2D eigenvalue weighted by atomic mass is 10.3. The van der Waals surface area contributed by atoms with Crippen LogP contribution in [0.4, 0.5) is 0 Å². The van der Waals surface area contributed by atoms with Crippen molar-refractivity contribution in [3.63, 3.8) is 0 Å². The van der Waals surface area contributed by atoms with E-state index in [0.717, 1.165) is 0 Å². The Morgan fingerprint density at radius 3 is 2.86 bits per heavy atom. The number of hydrogen-bond acceptors (Lipinski definition) is 3. The first-order valence-corrected chi connectivity index (χ1v) is 4.31. The highest BCUT2D eigenvalue weighted by Crippen LogP contribution is 1.98. The number of aromatic nitrogens is 1. The highest BCUT2D eigenvalue weighted by molar-refractivity contribution is 5.92. The number of pyridine rings is 1. The summed E-state index contributed by atoms with van der Waals surface area (Å²) in [6, 6.07) is 6.73. The summed E-state index contributed by atoms with van der Waals surface area (Å²) in [6.07, 6.45) is 0. The van der Waals surface area contributed by atoms with Crippen LogP contribution >= 0.6 is 0 Å². The topological polar surface area (TPSA) is 65.8 Å². The molecule has 0 aliphatic carbocycles. The third kappa shape index (κ3) is 2.56. The summed E-state index contributed by atoms with van der Waals surface area (Å²) in [6.45, 7) is 3.73. The van der Waals surface area contributed by atoms with Crippen LogP contribution in [0, 0.1) is 11.3 Å². The van der Waals surface area contributed by atoms with Crippen molar-refractivity contribution in [2.24, 2.45) is 0 Å². The van der Waals surface area contributed by atoms with Crippen molar-refractivity contribution in [2.75, 3.05) is 0 Å². The second-order valence-corrected chi connectivity index (χ2v) is 3.15. The Balaban J connectivity index is 2.86. The van der Waals surface area contributed by atoms with Crippen LogP contribution in [0.25, 0.3) is 0 Å². The molecule has 0 fully saturated rings. The van der Waals surface area contributed by atoms with Gasteiger partial charge in [0.1, 0.15) is 17.5 Å². The summed E-state index contributed by atoms with van der Waals surface area (Å²) in [5.41, 5.74) is 0.527. The summed E-state index contributed by atoms with van der Waals surface area (Å²) in [5, 5.41) is 11.3. The molecule has 0 bridgehead atoms. The average molecular weight is 189 g/mol. The number of nitriles is 1. The molecule has 1 aromatic rings. The third-order valence-electron chi connectivity index (χ3n) is 1.52. The molecule has 0 saturated carbocycles. The van der Waals surface area contributed by atoms with E-state index in [4.69, 9.17) is 5.26 Å². The van der Waals surface area contributed by atoms with E-state index < -0.39 is 0 Å². The SMILES string of the molecule is CC(C)NC(=O)c1cccc(C#N)n1. The molecule has 4 heteroatoms. The molecule has 0 aromatic carbocycles. The van der Waals surface area contributed by atoms with E-state index in [1.807, 2.05) is 19.9 Å². The van der Waals surface area contributed by atoms with Gasteiger partial charge >= 0.3 is 0 Å². The van der Waals surface area contributed by atoms with Crippen LogP contribution in [0.1, 0.15) is 30.0 Å². The summed E-state index contributed by atoms with van der Waals surface area (Å²) in [5.74, 6) is -0.253. The maximum absolute atomic E-state index is 11.4. The molecule has 0 radical (unpaired) electrons. The summed E-state index contributed by atoms with van der Waals surface area (Å²) in [4.78, 5) is 15.3. The quantitative estimate of drug-likeness (QED) is 0.757. The minimum Gasteiger partial charge on any atom is -0.349 e. The van der Waals surface area contributed by atoms with Crippen LogP contribution in [-0.2, 0) is 0 Å². The number of nitrogens with one attached hydrogen (secondary N) is 1. The predicted octanol–water partition coefficient (Wildman–Crippen LogP) is 1.09. The molecule has 0 aliphatic heterocycles. The second kappa shape index (κ2) is 4.38. The van der Waals surface area contributed by atoms with E-state index in [1.165, 1.54) is 0 Å². The first-order valence-electron chi connectivity index (χ1n) is 4.31. The Morgan fingerprint density at radius 1 is 1.57 bits per heavy atom. The van der Waals surface area contributed by atoms with Gasteiger partial charge in [0, 0.05) is 6.04 Å². The first kappa shape index (κ1) is 10.2. The monoisotopic (exact) mass is 189 g/mol. The van der Waals surface area contributed by atoms with Gasteiger partial charge in [0.2, 0.25) is 0 Å². The Hall–Kier alpha value is -1.89. The van der Waals surface area contributed by atoms with Crippen molar-refractivity contribution >= 4 is 5.91 Å². The van der Waals surface area contributed by atoms with Gasteiger partial charge in [-0.1, -0.05) is 6.07 Å². The van der Waals surface area contributed by atoms with Gasteiger partial charge < -0.3 is 5.32 Å². The van der Waals surface area contributed by atoms with E-state index >= 15 is 0 Å². The van der Waals surface area contributed by atoms with Crippen LogP contribution in [0.3, 0.4) is 0 Å². The molecule has 72 valence electrons. The number of rotatable bonds is 2. The second-order valence-electron chi connectivity index (χ2n) is 3.15. The molecule has 4 nitrogen and oxygen atoms in total. The highest BCUT2D eigenvalue weighted by atomic mass is 16.1. The zero-order valence-corrected chi connectivity index (χ0v) is 8.11. The van der Waals surface area contributed by atoms with Gasteiger partial charge in [0.25, 0.3) is 5.91 Å². The van der Waals surface area contributed by atoms with Crippen molar-refractivity contribution < 1.29 is 4.79 Å². The fourth-order valence-electron chi connectivity index (χ4n) is 0.960. The number of nitrogens with zero attached hydrogens (tertiary/aromatic N) is 2. The van der Waals surface area contributed by atoms with E-state index in [1.54, 1.807) is 18.2 Å². The van der Waals surface area contributed by atoms with Crippen LogP contribution in [0.15, 0.2) is 18.2 Å². The molecular weight excluding hydrogens is 178 g/mol. The maximum atomic E-state index is 11.4. The van der Waals surface area contributed by atoms with Crippen molar-refractivity contribution in [2.45, 2.75) is 19.9 Å². The largest absolute Gasteiger partial charge is 0.349 e. The highest BCUT2D eigenvalue weighted by Gasteiger charge is 2.08. The molecule has 1 rings (SSSR count).